The van der Waals surface area contributed by atoms with Crippen LogP contribution in [0.25, 0.3) is 0 Å². The number of hydrogen-bond donors (Lipinski definition) is 3. The van der Waals surface area contributed by atoms with Gasteiger partial charge in [-0.05, 0) is 24.2 Å². The molecule has 0 aromatic rings. The van der Waals surface area contributed by atoms with Crippen LogP contribution in [-0.2, 0) is 0 Å². The lowest BCUT2D eigenvalue weighted by molar-refractivity contribution is -0.460. The number of guanidine groups is 1. The summed E-state index contributed by atoms with van der Waals surface area (Å²) < 4.78 is 0. The van der Waals surface area contributed by atoms with E-state index in [1.165, 1.54) is 12.8 Å². The summed E-state index contributed by atoms with van der Waals surface area (Å²) in [6, 6.07) is 0. The van der Waals surface area contributed by atoms with Gasteiger partial charge >= 0.3 is 5.96 Å². The summed E-state index contributed by atoms with van der Waals surface area (Å²) in [6.45, 7) is 5.51. The molecule has 5 N–H and O–H groups in total. The van der Waals surface area contributed by atoms with Gasteiger partial charge in [-0.1, -0.05) is 13.8 Å². The summed E-state index contributed by atoms with van der Waals surface area (Å²) >= 11 is 0. The molecule has 1 rings (SSSR count). The maximum atomic E-state index is 5.25. The minimum atomic E-state index is 0.337. The van der Waals surface area contributed by atoms with Crippen molar-refractivity contribution in [3.05, 3.63) is 0 Å². The van der Waals surface area contributed by atoms with E-state index in [0.717, 1.165) is 12.5 Å². The molecule has 0 saturated heterocycles. The predicted octanol–water partition coefficient (Wildman–Crippen LogP) is -1.22. The first-order valence-corrected chi connectivity index (χ1v) is 4.14. The topological polar surface area (TPSA) is 66.0 Å². The van der Waals surface area contributed by atoms with Crippen LogP contribution >= 0.6 is 0 Å². The van der Waals surface area contributed by atoms with E-state index in [9.17, 15) is 0 Å². The van der Waals surface area contributed by atoms with Crippen molar-refractivity contribution in [2.75, 3.05) is 6.54 Å². The van der Waals surface area contributed by atoms with Gasteiger partial charge < -0.3 is 0 Å². The quantitative estimate of drug-likeness (QED) is 0.354. The zero-order valence-corrected chi connectivity index (χ0v) is 7.35. The van der Waals surface area contributed by atoms with Crippen molar-refractivity contribution < 1.29 is 4.99 Å². The Morgan fingerprint density at radius 3 is 2.45 bits per heavy atom. The molecule has 0 amide bonds. The molecule has 1 saturated carbocycles. The van der Waals surface area contributed by atoms with Crippen LogP contribution in [0.3, 0.4) is 0 Å². The third-order valence-electron chi connectivity index (χ3n) is 2.54. The fraction of sp³-hybridized carbons (Fsp3) is 0.875. The van der Waals surface area contributed by atoms with Crippen LogP contribution in [0.1, 0.15) is 26.7 Å². The van der Waals surface area contributed by atoms with Gasteiger partial charge in [0.15, 0.2) is 0 Å². The zero-order chi connectivity index (χ0) is 8.48. The third kappa shape index (κ3) is 2.41. The van der Waals surface area contributed by atoms with Crippen LogP contribution in [0.5, 0.6) is 0 Å². The second-order valence-electron chi connectivity index (χ2n) is 4.06. The van der Waals surface area contributed by atoms with Crippen LogP contribution in [0.2, 0.25) is 0 Å². The first-order valence-electron chi connectivity index (χ1n) is 4.14. The average Bonchev–Trinajstić information content (AvgIpc) is 2.39. The average molecular weight is 156 g/mol. The summed E-state index contributed by atoms with van der Waals surface area (Å²) in [4.78, 5) is 2.93. The summed E-state index contributed by atoms with van der Waals surface area (Å²) in [6.07, 6.45) is 2.53. The SMILES string of the molecule is CC1(C)CC1CC[NH+]=C(N)N. The summed E-state index contributed by atoms with van der Waals surface area (Å²) in [7, 11) is 0. The van der Waals surface area contributed by atoms with Crippen molar-refractivity contribution in [3.8, 4) is 0 Å². The highest BCUT2D eigenvalue weighted by molar-refractivity contribution is 5.69. The van der Waals surface area contributed by atoms with E-state index < -0.39 is 0 Å². The summed E-state index contributed by atoms with van der Waals surface area (Å²) in [5, 5.41) is 0. The van der Waals surface area contributed by atoms with Gasteiger partial charge in [0.05, 0.1) is 6.54 Å². The molecule has 1 fully saturated rings. The highest BCUT2D eigenvalue weighted by Crippen LogP contribution is 2.53. The zero-order valence-electron chi connectivity index (χ0n) is 7.35. The van der Waals surface area contributed by atoms with E-state index in [1.54, 1.807) is 0 Å². The second-order valence-corrected chi connectivity index (χ2v) is 4.06. The third-order valence-corrected chi connectivity index (χ3v) is 2.54. The minimum Gasteiger partial charge on any atom is -0.291 e. The predicted molar refractivity (Wildman–Crippen MR) is 45.7 cm³/mol. The van der Waals surface area contributed by atoms with E-state index in [0.29, 0.717) is 11.4 Å². The molecule has 64 valence electrons. The maximum absolute atomic E-state index is 5.25. The van der Waals surface area contributed by atoms with Crippen LogP contribution in [0.4, 0.5) is 0 Å². The number of rotatable bonds is 3. The fourth-order valence-electron chi connectivity index (χ4n) is 1.46. The molecule has 3 nitrogen and oxygen atoms in total. The molecule has 0 radical (unpaired) electrons. The molecule has 0 bridgehead atoms. The van der Waals surface area contributed by atoms with Crippen LogP contribution < -0.4 is 16.5 Å². The Kier molecular flexibility index (Phi) is 2.07. The normalized spacial score (nSPS) is 26.2. The molecule has 3 heteroatoms. The molecule has 0 aromatic heterocycles. The van der Waals surface area contributed by atoms with Crippen LogP contribution in [0, 0.1) is 11.3 Å². The summed E-state index contributed by atoms with van der Waals surface area (Å²) in [5.74, 6) is 1.21. The Balaban J connectivity index is 2.12. The van der Waals surface area contributed by atoms with Gasteiger partial charge in [0.1, 0.15) is 0 Å². The Hall–Kier alpha value is -0.730. The smallest absolute Gasteiger partial charge is 0.291 e. The molecule has 11 heavy (non-hydrogen) atoms. The Morgan fingerprint density at radius 2 is 2.09 bits per heavy atom. The molecule has 0 heterocycles. The molecular weight excluding hydrogens is 138 g/mol. The lowest BCUT2D eigenvalue weighted by Crippen LogP contribution is -2.78. The van der Waals surface area contributed by atoms with Crippen LogP contribution in [-0.4, -0.2) is 12.5 Å². The fourth-order valence-corrected chi connectivity index (χ4v) is 1.46. The summed E-state index contributed by atoms with van der Waals surface area (Å²) in [5.41, 5.74) is 11.1. The highest BCUT2D eigenvalue weighted by Gasteiger charge is 2.44. The van der Waals surface area contributed by atoms with Gasteiger partial charge in [-0.2, -0.15) is 0 Å². The van der Waals surface area contributed by atoms with Gasteiger partial charge in [-0.25, -0.2) is 0 Å². The number of nitrogens with one attached hydrogen (secondary N) is 1. The Morgan fingerprint density at radius 1 is 1.55 bits per heavy atom. The van der Waals surface area contributed by atoms with Crippen molar-refractivity contribution in [3.63, 3.8) is 0 Å². The molecule has 1 aliphatic rings. The minimum absolute atomic E-state index is 0.337. The number of hydrogen-bond acceptors (Lipinski definition) is 0. The molecule has 0 aromatic carbocycles. The maximum Gasteiger partial charge on any atom is 0.338 e. The lowest BCUT2D eigenvalue weighted by Gasteiger charge is -1.98. The van der Waals surface area contributed by atoms with E-state index in [4.69, 9.17) is 11.5 Å². The van der Waals surface area contributed by atoms with Crippen molar-refractivity contribution in [2.24, 2.45) is 22.8 Å². The first kappa shape index (κ1) is 8.37. The molecule has 1 atom stereocenters. The van der Waals surface area contributed by atoms with Crippen LogP contribution in [0.15, 0.2) is 0 Å². The standard InChI is InChI=1S/C8H17N3/c1-8(2)5-6(8)3-4-11-7(9)10/h6H,3-5H2,1-2H3,(H4,9,10,11)/p+1. The molecule has 1 aliphatic carbocycles. The van der Waals surface area contributed by atoms with Gasteiger partial charge in [0, 0.05) is 0 Å². The number of nitrogens with two attached hydrogens (primary N) is 2. The molecule has 1 unspecified atom stereocenters. The lowest BCUT2D eigenvalue weighted by atomic mass is 10.1. The van der Waals surface area contributed by atoms with E-state index in [-0.39, 0.29) is 0 Å². The van der Waals surface area contributed by atoms with E-state index >= 15 is 0 Å². The Bertz CT molecular complexity index is 168. The first-order chi connectivity index (χ1) is 5.02. The van der Waals surface area contributed by atoms with Crippen molar-refractivity contribution >= 4 is 5.96 Å². The van der Waals surface area contributed by atoms with Gasteiger partial charge in [0.25, 0.3) is 0 Å². The molecular formula is C8H18N3+. The monoisotopic (exact) mass is 156 g/mol. The van der Waals surface area contributed by atoms with E-state index in [1.807, 2.05) is 0 Å². The van der Waals surface area contributed by atoms with Crippen molar-refractivity contribution in [2.45, 2.75) is 26.7 Å². The van der Waals surface area contributed by atoms with Gasteiger partial charge in [-0.3, -0.25) is 16.5 Å². The second kappa shape index (κ2) is 2.72. The van der Waals surface area contributed by atoms with Gasteiger partial charge in [0.2, 0.25) is 0 Å². The van der Waals surface area contributed by atoms with Crippen molar-refractivity contribution in [1.29, 1.82) is 0 Å². The molecule has 0 aliphatic heterocycles. The van der Waals surface area contributed by atoms with Gasteiger partial charge in [-0.15, -0.1) is 0 Å². The van der Waals surface area contributed by atoms with Crippen molar-refractivity contribution in [1.82, 2.24) is 0 Å². The van der Waals surface area contributed by atoms with E-state index in [2.05, 4.69) is 18.8 Å². The Labute approximate surface area is 67.9 Å². The molecule has 0 spiro atoms. The highest BCUT2D eigenvalue weighted by atomic mass is 15.0. The largest absolute Gasteiger partial charge is 0.338 e.